The Balaban J connectivity index is 1.74. The number of nitrogens with zero attached hydrogens (tertiary/aromatic N) is 2. The van der Waals surface area contributed by atoms with Gasteiger partial charge >= 0.3 is 0 Å². The van der Waals surface area contributed by atoms with Crippen LogP contribution in [0.2, 0.25) is 0 Å². The summed E-state index contributed by atoms with van der Waals surface area (Å²) in [5.74, 6) is -2.00. The van der Waals surface area contributed by atoms with Crippen LogP contribution in [0.15, 0.2) is 60.7 Å². The van der Waals surface area contributed by atoms with E-state index in [1.807, 2.05) is 26.0 Å². The average Bonchev–Trinajstić information content (AvgIpc) is 3.44. The zero-order chi connectivity index (χ0) is 27.1. The van der Waals surface area contributed by atoms with Crippen LogP contribution < -0.4 is 10.6 Å². The van der Waals surface area contributed by atoms with Crippen molar-refractivity contribution in [3.8, 4) is 0 Å². The molecule has 4 rings (SSSR count). The molecule has 1 aliphatic rings. The lowest BCUT2D eigenvalue weighted by molar-refractivity contribution is 0.0622. The molecule has 4 nitrogen and oxygen atoms in total. The van der Waals surface area contributed by atoms with Crippen molar-refractivity contribution in [1.29, 1.82) is 0 Å². The summed E-state index contributed by atoms with van der Waals surface area (Å²) in [5, 5.41) is 6.76. The van der Waals surface area contributed by atoms with Crippen LogP contribution in [0.25, 0.3) is 0 Å². The Hall–Kier alpha value is -2.94. The van der Waals surface area contributed by atoms with E-state index >= 15 is 0 Å². The summed E-state index contributed by atoms with van der Waals surface area (Å²) in [5.41, 5.74) is 0.514. The molecule has 0 aliphatic carbocycles. The number of nitrogens with one attached hydrogen (secondary N) is 2. The summed E-state index contributed by atoms with van der Waals surface area (Å²) in [6.07, 6.45) is 2.13. The molecule has 8 heteroatoms. The molecule has 2 atom stereocenters. The van der Waals surface area contributed by atoms with Gasteiger partial charge in [0.2, 0.25) is 0 Å². The first-order valence-electron chi connectivity index (χ1n) is 13.2. The van der Waals surface area contributed by atoms with E-state index in [2.05, 4.69) is 26.5 Å². The topological polar surface area (TPSA) is 30.5 Å². The molecule has 1 saturated heterocycles. The highest BCUT2D eigenvalue weighted by atomic mass is 19.1. The van der Waals surface area contributed by atoms with Gasteiger partial charge in [-0.2, -0.15) is 0 Å². The zero-order valence-electron chi connectivity index (χ0n) is 21.9. The van der Waals surface area contributed by atoms with E-state index in [0.29, 0.717) is 25.2 Å². The maximum atomic E-state index is 14.6. The third-order valence-corrected chi connectivity index (χ3v) is 7.41. The maximum Gasteiger partial charge on any atom is 0.147 e. The van der Waals surface area contributed by atoms with Crippen LogP contribution in [0.1, 0.15) is 43.9 Å². The molecule has 3 aromatic rings. The van der Waals surface area contributed by atoms with Gasteiger partial charge < -0.3 is 5.32 Å². The van der Waals surface area contributed by atoms with E-state index < -0.39 is 23.1 Å². The number of hydrogen-bond donors (Lipinski definition) is 2. The zero-order valence-corrected chi connectivity index (χ0v) is 21.9. The minimum Gasteiger partial charge on any atom is -0.379 e. The van der Waals surface area contributed by atoms with Crippen LogP contribution in [0.5, 0.6) is 0 Å². The number of likely N-dealkylation sites (N-methyl/N-ethyl adjacent to an activating group) is 1. The number of halogens is 4. The van der Waals surface area contributed by atoms with E-state index in [1.165, 1.54) is 18.2 Å². The second-order valence-corrected chi connectivity index (χ2v) is 9.63. The molecule has 2 N–H and O–H groups in total. The number of likely N-dealkylation sites (tertiary alicyclic amines) is 1. The lowest BCUT2D eigenvalue weighted by Gasteiger charge is -2.46. The van der Waals surface area contributed by atoms with Gasteiger partial charge in [-0.05, 0) is 80.5 Å². The SMILES string of the molecule is CCN(CC)C(CNc1cc(F)[c]cc1F)(NCC(c1cccc(F)c1)N1CCCC1)c1cccc(F)c1. The standard InChI is InChI=1S/C30H35F4N4/c1-3-38(4-2)30(23-10-8-12-25(32)18-23,21-35-28-19-26(33)13-14-27(28)34)36-20-29(37-15-5-6-16-37)22-9-7-11-24(31)17-22/h7-12,14,17-19,29,35-36H,3-6,15-16,20-21H2,1-2H3. The molecule has 2 unspecified atom stereocenters. The number of hydrogen-bond acceptors (Lipinski definition) is 4. The third-order valence-electron chi connectivity index (χ3n) is 7.41. The van der Waals surface area contributed by atoms with Crippen molar-refractivity contribution >= 4 is 5.69 Å². The van der Waals surface area contributed by atoms with Gasteiger partial charge in [0.1, 0.15) is 28.9 Å². The van der Waals surface area contributed by atoms with Gasteiger partial charge in [0.25, 0.3) is 0 Å². The predicted molar refractivity (Wildman–Crippen MR) is 143 cm³/mol. The summed E-state index contributed by atoms with van der Waals surface area (Å²) < 4.78 is 57.3. The minimum atomic E-state index is -0.987. The smallest absolute Gasteiger partial charge is 0.147 e. The molecule has 0 aromatic heterocycles. The summed E-state index contributed by atoms with van der Waals surface area (Å²) in [4.78, 5) is 4.46. The first kappa shape index (κ1) is 28.1. The number of anilines is 1. The van der Waals surface area contributed by atoms with Crippen molar-refractivity contribution in [2.45, 2.75) is 38.4 Å². The van der Waals surface area contributed by atoms with Crippen molar-refractivity contribution in [2.75, 3.05) is 44.6 Å². The fraction of sp³-hybridized carbons (Fsp3) is 0.400. The first-order chi connectivity index (χ1) is 18.4. The van der Waals surface area contributed by atoms with Crippen LogP contribution in [-0.4, -0.2) is 49.1 Å². The summed E-state index contributed by atoms with van der Waals surface area (Å²) >= 11 is 0. The van der Waals surface area contributed by atoms with Gasteiger partial charge in [-0.25, -0.2) is 17.6 Å². The van der Waals surface area contributed by atoms with E-state index in [-0.39, 0.29) is 24.1 Å². The van der Waals surface area contributed by atoms with E-state index in [1.54, 1.807) is 18.2 Å². The molecule has 3 aromatic carbocycles. The highest BCUT2D eigenvalue weighted by Gasteiger charge is 2.39. The van der Waals surface area contributed by atoms with Crippen molar-refractivity contribution in [2.24, 2.45) is 0 Å². The fourth-order valence-corrected chi connectivity index (χ4v) is 5.48. The molecule has 1 heterocycles. The molecule has 0 amide bonds. The third kappa shape index (κ3) is 6.37. The largest absolute Gasteiger partial charge is 0.379 e. The Morgan fingerprint density at radius 3 is 2.29 bits per heavy atom. The van der Waals surface area contributed by atoms with Crippen molar-refractivity contribution < 1.29 is 17.6 Å². The van der Waals surface area contributed by atoms with Crippen molar-refractivity contribution in [3.63, 3.8) is 0 Å². The number of rotatable bonds is 12. The van der Waals surface area contributed by atoms with Crippen LogP contribution in [-0.2, 0) is 5.66 Å². The van der Waals surface area contributed by atoms with Gasteiger partial charge in [-0.1, -0.05) is 38.1 Å². The fourth-order valence-electron chi connectivity index (χ4n) is 5.48. The molecule has 0 bridgehead atoms. The van der Waals surface area contributed by atoms with E-state index in [9.17, 15) is 17.6 Å². The Morgan fingerprint density at radius 1 is 0.947 bits per heavy atom. The van der Waals surface area contributed by atoms with E-state index in [0.717, 1.165) is 43.6 Å². The highest BCUT2D eigenvalue weighted by Crippen LogP contribution is 2.31. The normalized spacial score (nSPS) is 16.5. The van der Waals surface area contributed by atoms with Crippen molar-refractivity contribution in [1.82, 2.24) is 15.1 Å². The second kappa shape index (κ2) is 12.7. The van der Waals surface area contributed by atoms with Crippen LogP contribution in [0.4, 0.5) is 23.2 Å². The van der Waals surface area contributed by atoms with Gasteiger partial charge in [0, 0.05) is 24.7 Å². The predicted octanol–water partition coefficient (Wildman–Crippen LogP) is 6.08. The van der Waals surface area contributed by atoms with Crippen LogP contribution >= 0.6 is 0 Å². The van der Waals surface area contributed by atoms with Gasteiger partial charge in [0.15, 0.2) is 0 Å². The molecule has 0 spiro atoms. The monoisotopic (exact) mass is 527 g/mol. The van der Waals surface area contributed by atoms with Gasteiger partial charge in [-0.3, -0.25) is 15.1 Å². The summed E-state index contributed by atoms with van der Waals surface area (Å²) in [7, 11) is 0. The Bertz CT molecular complexity index is 1200. The molecule has 38 heavy (non-hydrogen) atoms. The number of benzene rings is 3. The van der Waals surface area contributed by atoms with E-state index in [4.69, 9.17) is 0 Å². The Kier molecular flexibility index (Phi) is 9.41. The van der Waals surface area contributed by atoms with Gasteiger partial charge in [0.05, 0.1) is 12.2 Å². The molecule has 1 fully saturated rings. The molecule has 1 radical (unpaired) electrons. The lowest BCUT2D eigenvalue weighted by atomic mass is 9.94. The molecular formula is C30H35F4N4. The summed E-state index contributed by atoms with van der Waals surface area (Å²) in [6, 6.07) is 17.1. The molecule has 0 saturated carbocycles. The summed E-state index contributed by atoms with van der Waals surface area (Å²) in [6.45, 7) is 7.55. The van der Waals surface area contributed by atoms with Crippen LogP contribution in [0, 0.1) is 29.3 Å². The lowest BCUT2D eigenvalue weighted by Crippen LogP contribution is -2.61. The quantitative estimate of drug-likeness (QED) is 0.221. The molecular weight excluding hydrogens is 492 g/mol. The van der Waals surface area contributed by atoms with Gasteiger partial charge in [-0.15, -0.1) is 0 Å². The average molecular weight is 528 g/mol. The Morgan fingerprint density at radius 2 is 1.63 bits per heavy atom. The first-order valence-corrected chi connectivity index (χ1v) is 13.2. The van der Waals surface area contributed by atoms with Crippen LogP contribution in [0.3, 0.4) is 0 Å². The Labute approximate surface area is 222 Å². The molecule has 1 aliphatic heterocycles. The second-order valence-electron chi connectivity index (χ2n) is 9.63. The minimum absolute atomic E-state index is 0.00259. The molecule has 203 valence electrons. The maximum absolute atomic E-state index is 14.6. The van der Waals surface area contributed by atoms with Crippen molar-refractivity contribution in [3.05, 3.63) is 101 Å². The highest BCUT2D eigenvalue weighted by molar-refractivity contribution is 5.45.